The van der Waals surface area contributed by atoms with Gasteiger partial charge in [-0.05, 0) is 48.9 Å². The highest BCUT2D eigenvalue weighted by Gasteiger charge is 2.08. The number of hydrogen-bond acceptors (Lipinski definition) is 3. The molecule has 0 aliphatic rings. The fourth-order valence-corrected chi connectivity index (χ4v) is 2.06. The Kier molecular flexibility index (Phi) is 4.24. The molecule has 2 rings (SSSR count). The predicted octanol–water partition coefficient (Wildman–Crippen LogP) is 3.78. The lowest BCUT2D eigenvalue weighted by Gasteiger charge is -2.10. The van der Waals surface area contributed by atoms with Crippen molar-refractivity contribution in [3.8, 4) is 11.5 Å². The van der Waals surface area contributed by atoms with Crippen molar-refractivity contribution in [3.05, 3.63) is 57.8 Å². The summed E-state index contributed by atoms with van der Waals surface area (Å²) in [6.07, 6.45) is 0. The lowest BCUT2D eigenvalue weighted by atomic mass is 10.1. The van der Waals surface area contributed by atoms with E-state index in [0.29, 0.717) is 11.3 Å². The van der Waals surface area contributed by atoms with Crippen molar-refractivity contribution in [2.24, 2.45) is 10.9 Å². The second-order valence-corrected chi connectivity index (χ2v) is 5.05. The number of rotatable bonds is 3. The van der Waals surface area contributed by atoms with Crippen LogP contribution in [-0.4, -0.2) is 11.0 Å². The van der Waals surface area contributed by atoms with Gasteiger partial charge in [0.05, 0.1) is 0 Å². The molecular weight excluding hydrogens is 327 g/mol. The van der Waals surface area contributed by atoms with E-state index in [1.807, 2.05) is 0 Å². The maximum atomic E-state index is 13.6. The van der Waals surface area contributed by atoms with E-state index >= 15 is 0 Å². The Morgan fingerprint density at radius 1 is 1.30 bits per heavy atom. The summed E-state index contributed by atoms with van der Waals surface area (Å²) in [5, 5.41) is 11.6. The highest BCUT2D eigenvalue weighted by Crippen LogP contribution is 2.28. The van der Waals surface area contributed by atoms with Gasteiger partial charge in [-0.1, -0.05) is 21.1 Å². The van der Waals surface area contributed by atoms with Crippen LogP contribution in [0.15, 0.2) is 46.0 Å². The molecule has 0 fully saturated rings. The first kappa shape index (κ1) is 14.3. The molecule has 0 atom stereocenters. The van der Waals surface area contributed by atoms with Crippen molar-refractivity contribution >= 4 is 21.8 Å². The fourth-order valence-electron chi connectivity index (χ4n) is 1.72. The zero-order valence-corrected chi connectivity index (χ0v) is 12.2. The second kappa shape index (κ2) is 5.92. The Hall–Kier alpha value is -2.08. The largest absolute Gasteiger partial charge is 0.454 e. The van der Waals surface area contributed by atoms with Crippen molar-refractivity contribution in [1.82, 2.24) is 0 Å². The molecule has 0 aliphatic heterocycles. The van der Waals surface area contributed by atoms with Crippen molar-refractivity contribution in [2.45, 2.75) is 6.92 Å². The third-order valence-electron chi connectivity index (χ3n) is 2.70. The molecule has 6 heteroatoms. The van der Waals surface area contributed by atoms with Crippen molar-refractivity contribution in [3.63, 3.8) is 0 Å². The minimum Gasteiger partial charge on any atom is -0.454 e. The molecule has 0 amide bonds. The number of ether oxygens (including phenoxy) is 1. The van der Waals surface area contributed by atoms with Crippen molar-refractivity contribution < 1.29 is 14.3 Å². The Labute approximate surface area is 123 Å². The van der Waals surface area contributed by atoms with Gasteiger partial charge >= 0.3 is 0 Å². The zero-order chi connectivity index (χ0) is 14.7. The molecule has 0 radical (unpaired) electrons. The zero-order valence-electron chi connectivity index (χ0n) is 10.6. The smallest absolute Gasteiger partial charge is 0.170 e. The van der Waals surface area contributed by atoms with Crippen LogP contribution in [0.3, 0.4) is 0 Å². The average molecular weight is 339 g/mol. The van der Waals surface area contributed by atoms with Gasteiger partial charge in [-0.25, -0.2) is 4.39 Å². The minimum absolute atomic E-state index is 0.0164. The van der Waals surface area contributed by atoms with Crippen LogP contribution in [0.2, 0.25) is 0 Å². The molecule has 104 valence electrons. The average Bonchev–Trinajstić information content (AvgIpc) is 2.42. The van der Waals surface area contributed by atoms with Crippen LogP contribution in [0.1, 0.15) is 11.1 Å². The van der Waals surface area contributed by atoms with E-state index in [0.717, 1.165) is 10.0 Å². The molecule has 0 spiro atoms. The summed E-state index contributed by atoms with van der Waals surface area (Å²) >= 11 is 3.26. The van der Waals surface area contributed by atoms with Crippen LogP contribution < -0.4 is 10.5 Å². The Bertz CT molecular complexity index is 674. The first-order chi connectivity index (χ1) is 9.51. The fraction of sp³-hybridized carbons (Fsp3) is 0.0714. The Morgan fingerprint density at radius 2 is 2.05 bits per heavy atom. The van der Waals surface area contributed by atoms with E-state index in [1.54, 1.807) is 37.3 Å². The molecule has 0 saturated heterocycles. The molecule has 0 unspecified atom stereocenters. The Balaban J connectivity index is 2.31. The summed E-state index contributed by atoms with van der Waals surface area (Å²) in [7, 11) is 0. The van der Waals surface area contributed by atoms with Gasteiger partial charge in [0.15, 0.2) is 17.4 Å². The van der Waals surface area contributed by atoms with Gasteiger partial charge in [-0.2, -0.15) is 0 Å². The highest BCUT2D eigenvalue weighted by atomic mass is 79.9. The SMILES string of the molecule is Cc1cc(Oc2cc(Br)ccc2F)ccc1/C(N)=N/O. The van der Waals surface area contributed by atoms with E-state index in [9.17, 15) is 4.39 Å². The van der Waals surface area contributed by atoms with Gasteiger partial charge in [0, 0.05) is 10.0 Å². The summed E-state index contributed by atoms with van der Waals surface area (Å²) in [6.45, 7) is 1.79. The molecule has 0 saturated carbocycles. The quantitative estimate of drug-likeness (QED) is 0.387. The number of aryl methyl sites for hydroxylation is 1. The maximum absolute atomic E-state index is 13.6. The van der Waals surface area contributed by atoms with Gasteiger partial charge in [-0.15, -0.1) is 0 Å². The summed E-state index contributed by atoms with van der Waals surface area (Å²) in [4.78, 5) is 0. The van der Waals surface area contributed by atoms with Gasteiger partial charge in [0.25, 0.3) is 0 Å². The number of nitrogens with zero attached hydrogens (tertiary/aromatic N) is 1. The standard InChI is InChI=1S/C14H12BrFN2O2/c1-8-6-10(3-4-11(8)14(17)18-19)20-13-7-9(15)2-5-12(13)16/h2-7,19H,1H3,(H2,17,18). The van der Waals surface area contributed by atoms with Crippen molar-refractivity contribution in [2.75, 3.05) is 0 Å². The molecule has 0 bridgehead atoms. The summed E-state index contributed by atoms with van der Waals surface area (Å²) in [5.74, 6) is 0.151. The number of oxime groups is 1. The molecule has 2 aromatic carbocycles. The van der Waals surface area contributed by atoms with E-state index in [4.69, 9.17) is 15.7 Å². The molecular formula is C14H12BrFN2O2. The van der Waals surface area contributed by atoms with Crippen molar-refractivity contribution in [1.29, 1.82) is 0 Å². The number of hydrogen-bond donors (Lipinski definition) is 2. The van der Waals surface area contributed by atoms with E-state index < -0.39 is 5.82 Å². The van der Waals surface area contributed by atoms with E-state index in [-0.39, 0.29) is 11.6 Å². The predicted molar refractivity (Wildman–Crippen MR) is 77.9 cm³/mol. The molecule has 0 aromatic heterocycles. The topological polar surface area (TPSA) is 67.8 Å². The van der Waals surface area contributed by atoms with E-state index in [1.165, 1.54) is 6.07 Å². The van der Waals surface area contributed by atoms with Gasteiger partial charge in [0.1, 0.15) is 5.75 Å². The third-order valence-corrected chi connectivity index (χ3v) is 3.20. The Morgan fingerprint density at radius 3 is 2.70 bits per heavy atom. The maximum Gasteiger partial charge on any atom is 0.170 e. The monoisotopic (exact) mass is 338 g/mol. The van der Waals surface area contributed by atoms with Gasteiger partial charge in [-0.3, -0.25) is 0 Å². The molecule has 4 nitrogen and oxygen atoms in total. The van der Waals surface area contributed by atoms with Gasteiger partial charge < -0.3 is 15.7 Å². The summed E-state index contributed by atoms with van der Waals surface area (Å²) in [6, 6.07) is 9.41. The lowest BCUT2D eigenvalue weighted by molar-refractivity contribution is 0.318. The number of benzene rings is 2. The van der Waals surface area contributed by atoms with Crippen LogP contribution in [0.4, 0.5) is 4.39 Å². The molecule has 0 heterocycles. The molecule has 3 N–H and O–H groups in total. The summed E-state index contributed by atoms with van der Waals surface area (Å²) in [5.41, 5.74) is 6.88. The van der Waals surface area contributed by atoms with E-state index in [2.05, 4.69) is 21.1 Å². The number of nitrogens with two attached hydrogens (primary N) is 1. The first-order valence-corrected chi connectivity index (χ1v) is 6.52. The molecule has 2 aromatic rings. The normalized spacial score (nSPS) is 11.4. The second-order valence-electron chi connectivity index (χ2n) is 4.14. The molecule has 0 aliphatic carbocycles. The first-order valence-electron chi connectivity index (χ1n) is 5.72. The molecule has 20 heavy (non-hydrogen) atoms. The number of halogens is 2. The number of amidine groups is 1. The third kappa shape index (κ3) is 3.08. The van der Waals surface area contributed by atoms with Crippen LogP contribution in [0.25, 0.3) is 0 Å². The lowest BCUT2D eigenvalue weighted by Crippen LogP contribution is -2.14. The van der Waals surface area contributed by atoms with Crippen LogP contribution >= 0.6 is 15.9 Å². The summed E-state index contributed by atoms with van der Waals surface area (Å²) < 4.78 is 19.8. The van der Waals surface area contributed by atoms with Crippen LogP contribution in [0.5, 0.6) is 11.5 Å². The van der Waals surface area contributed by atoms with Gasteiger partial charge in [0.2, 0.25) is 0 Å². The van der Waals surface area contributed by atoms with Crippen LogP contribution in [0, 0.1) is 12.7 Å². The highest BCUT2D eigenvalue weighted by molar-refractivity contribution is 9.10. The van der Waals surface area contributed by atoms with Crippen LogP contribution in [-0.2, 0) is 0 Å². The minimum atomic E-state index is -0.452.